The first-order chi connectivity index (χ1) is 16.6. The summed E-state index contributed by atoms with van der Waals surface area (Å²) in [5.41, 5.74) is 0.165. The van der Waals surface area contributed by atoms with Crippen molar-refractivity contribution in [3.63, 3.8) is 0 Å². The fourth-order valence-electron chi connectivity index (χ4n) is 3.60. The molecule has 0 unspecified atom stereocenters. The highest BCUT2D eigenvalue weighted by atomic mass is 32.2. The molecule has 4 aromatic rings. The first-order valence-corrected chi connectivity index (χ1v) is 12.5. The number of carbonyl (C=O) groups excluding carboxylic acids is 1. The molecular formula is C22H16F3N5O3S2. The van der Waals surface area contributed by atoms with Crippen molar-refractivity contribution in [3.8, 4) is 5.13 Å². The predicted molar refractivity (Wildman–Crippen MR) is 121 cm³/mol. The summed E-state index contributed by atoms with van der Waals surface area (Å²) in [6.07, 6.45) is -1.31. The lowest BCUT2D eigenvalue weighted by atomic mass is 10.1. The SMILES string of the molecule is O=C1Nc2cc(CNCc3cnc(-n4cc(C(F)(F)F)cn4)s3)ccc2S(=O)(=O)c2ccccc21. The smallest absolute Gasteiger partial charge is 0.321 e. The number of sulfone groups is 1. The van der Waals surface area contributed by atoms with E-state index in [0.29, 0.717) is 18.2 Å². The zero-order chi connectivity index (χ0) is 24.8. The summed E-state index contributed by atoms with van der Waals surface area (Å²) in [4.78, 5) is 17.4. The van der Waals surface area contributed by atoms with E-state index >= 15 is 0 Å². The van der Waals surface area contributed by atoms with Crippen LogP contribution in [0.25, 0.3) is 5.13 Å². The Labute approximate surface area is 201 Å². The molecule has 35 heavy (non-hydrogen) atoms. The van der Waals surface area contributed by atoms with E-state index in [1.54, 1.807) is 30.5 Å². The first-order valence-electron chi connectivity index (χ1n) is 10.2. The van der Waals surface area contributed by atoms with Crippen molar-refractivity contribution in [2.45, 2.75) is 29.1 Å². The largest absolute Gasteiger partial charge is 0.419 e. The maximum Gasteiger partial charge on any atom is 0.419 e. The van der Waals surface area contributed by atoms with Gasteiger partial charge in [-0.3, -0.25) is 4.79 Å². The van der Waals surface area contributed by atoms with Crippen molar-refractivity contribution in [1.29, 1.82) is 0 Å². The predicted octanol–water partition coefficient (Wildman–Crippen LogP) is 4.04. The number of nitrogens with zero attached hydrogens (tertiary/aromatic N) is 3. The number of benzene rings is 2. The van der Waals surface area contributed by atoms with Gasteiger partial charge in [-0.25, -0.2) is 18.1 Å². The molecule has 0 atom stereocenters. The van der Waals surface area contributed by atoms with Gasteiger partial charge in [-0.15, -0.1) is 0 Å². The van der Waals surface area contributed by atoms with Gasteiger partial charge in [0.15, 0.2) is 0 Å². The minimum atomic E-state index is -4.48. The summed E-state index contributed by atoms with van der Waals surface area (Å²) >= 11 is 1.19. The molecule has 8 nitrogen and oxygen atoms in total. The molecule has 0 aliphatic carbocycles. The summed E-state index contributed by atoms with van der Waals surface area (Å²) in [6.45, 7) is 0.724. The first kappa shape index (κ1) is 23.2. The van der Waals surface area contributed by atoms with Gasteiger partial charge in [-0.2, -0.15) is 18.3 Å². The number of alkyl halides is 3. The average molecular weight is 520 g/mol. The van der Waals surface area contributed by atoms with Crippen molar-refractivity contribution in [1.82, 2.24) is 20.1 Å². The molecule has 0 spiro atoms. The molecule has 0 saturated heterocycles. The van der Waals surface area contributed by atoms with Crippen LogP contribution in [0.5, 0.6) is 0 Å². The van der Waals surface area contributed by atoms with Crippen LogP contribution in [0.4, 0.5) is 18.9 Å². The van der Waals surface area contributed by atoms with Crippen molar-refractivity contribution >= 4 is 32.8 Å². The number of carbonyl (C=O) groups is 1. The third-order valence-electron chi connectivity index (χ3n) is 5.28. The second-order valence-corrected chi connectivity index (χ2v) is 10.6. The molecule has 1 amide bonds. The van der Waals surface area contributed by atoms with Crippen LogP contribution >= 0.6 is 11.3 Å². The van der Waals surface area contributed by atoms with E-state index < -0.39 is 27.5 Å². The Bertz CT molecular complexity index is 1540. The molecule has 2 aromatic heterocycles. The number of halogens is 3. The molecule has 0 bridgehead atoms. The van der Waals surface area contributed by atoms with Crippen LogP contribution in [-0.2, 0) is 29.1 Å². The number of hydrogen-bond donors (Lipinski definition) is 2. The van der Waals surface area contributed by atoms with Gasteiger partial charge in [-0.05, 0) is 29.8 Å². The topological polar surface area (TPSA) is 106 Å². The maximum absolute atomic E-state index is 13.1. The summed E-state index contributed by atoms with van der Waals surface area (Å²) in [6, 6.07) is 10.8. The van der Waals surface area contributed by atoms with Gasteiger partial charge < -0.3 is 10.6 Å². The van der Waals surface area contributed by atoms with E-state index in [4.69, 9.17) is 0 Å². The molecule has 5 rings (SSSR count). The standard InChI is InChI=1S/C22H16F3N5O3S2/c23-22(24,25)14-9-28-30(12-14)21-27-11-15(34-21)10-26-8-13-5-6-19-17(7-13)29-20(31)16-3-1-2-4-18(16)35(19,32)33/h1-7,9,11-12,26H,8,10H2,(H,29,31). The highest BCUT2D eigenvalue weighted by Crippen LogP contribution is 2.34. The quantitative estimate of drug-likeness (QED) is 0.412. The molecule has 0 fully saturated rings. The Morgan fingerprint density at radius 2 is 1.86 bits per heavy atom. The van der Waals surface area contributed by atoms with Crippen LogP contribution < -0.4 is 10.6 Å². The molecule has 1 aliphatic heterocycles. The van der Waals surface area contributed by atoms with Gasteiger partial charge in [0.25, 0.3) is 5.91 Å². The lowest BCUT2D eigenvalue weighted by molar-refractivity contribution is -0.137. The van der Waals surface area contributed by atoms with E-state index in [1.165, 1.54) is 29.5 Å². The minimum absolute atomic E-state index is 0.0177. The van der Waals surface area contributed by atoms with Crippen molar-refractivity contribution in [2.75, 3.05) is 5.32 Å². The van der Waals surface area contributed by atoms with Gasteiger partial charge in [0, 0.05) is 30.4 Å². The van der Waals surface area contributed by atoms with E-state index in [0.717, 1.165) is 27.5 Å². The summed E-state index contributed by atoms with van der Waals surface area (Å²) in [5.74, 6) is -0.502. The Hall–Kier alpha value is -3.55. The van der Waals surface area contributed by atoms with Gasteiger partial charge in [0.05, 0.1) is 32.8 Å². The van der Waals surface area contributed by atoms with Gasteiger partial charge in [-0.1, -0.05) is 29.5 Å². The van der Waals surface area contributed by atoms with Crippen LogP contribution in [0.2, 0.25) is 0 Å². The van der Waals surface area contributed by atoms with Crippen LogP contribution in [-0.4, -0.2) is 29.1 Å². The molecular weight excluding hydrogens is 503 g/mol. The number of fused-ring (bicyclic) bond motifs is 2. The molecule has 2 N–H and O–H groups in total. The number of aromatic nitrogens is 3. The Morgan fingerprint density at radius 1 is 1.06 bits per heavy atom. The van der Waals surface area contributed by atoms with E-state index in [9.17, 15) is 26.4 Å². The van der Waals surface area contributed by atoms with Crippen molar-refractivity contribution < 1.29 is 26.4 Å². The second-order valence-electron chi connectivity index (χ2n) is 7.67. The van der Waals surface area contributed by atoms with Crippen LogP contribution in [0.3, 0.4) is 0 Å². The summed E-state index contributed by atoms with van der Waals surface area (Å²) in [5, 5.41) is 9.87. The van der Waals surface area contributed by atoms with E-state index in [-0.39, 0.29) is 21.0 Å². The molecule has 1 aliphatic rings. The monoisotopic (exact) mass is 519 g/mol. The lowest BCUT2D eigenvalue weighted by Gasteiger charge is -2.10. The zero-order valence-corrected chi connectivity index (χ0v) is 19.3. The number of rotatable bonds is 5. The number of thiazole rings is 1. The third kappa shape index (κ3) is 4.45. The normalized spacial score (nSPS) is 14.7. The molecule has 2 aromatic carbocycles. The summed E-state index contributed by atoms with van der Waals surface area (Å²) in [7, 11) is -3.87. The number of anilines is 1. The van der Waals surface area contributed by atoms with Crippen LogP contribution in [0, 0.1) is 0 Å². The van der Waals surface area contributed by atoms with Crippen LogP contribution in [0.1, 0.15) is 26.4 Å². The second kappa shape index (κ2) is 8.59. The number of hydrogen-bond acceptors (Lipinski definition) is 7. The molecule has 0 saturated carbocycles. The highest BCUT2D eigenvalue weighted by Gasteiger charge is 2.33. The highest BCUT2D eigenvalue weighted by molar-refractivity contribution is 7.91. The third-order valence-corrected chi connectivity index (χ3v) is 8.14. The molecule has 13 heteroatoms. The summed E-state index contributed by atoms with van der Waals surface area (Å²) < 4.78 is 65.5. The van der Waals surface area contributed by atoms with Crippen molar-refractivity contribution in [3.05, 3.63) is 82.6 Å². The Morgan fingerprint density at radius 3 is 2.63 bits per heavy atom. The fraction of sp³-hybridized carbons (Fsp3) is 0.136. The van der Waals surface area contributed by atoms with Crippen molar-refractivity contribution in [2.24, 2.45) is 0 Å². The average Bonchev–Trinajstić information content (AvgIpc) is 3.47. The Kier molecular flexibility index (Phi) is 5.69. The number of nitrogens with one attached hydrogen (secondary N) is 2. The maximum atomic E-state index is 13.1. The molecule has 0 radical (unpaired) electrons. The fourth-order valence-corrected chi connectivity index (χ4v) is 6.01. The van der Waals surface area contributed by atoms with Gasteiger partial charge in [0.2, 0.25) is 15.0 Å². The molecule has 3 heterocycles. The number of amides is 1. The van der Waals surface area contributed by atoms with Gasteiger partial charge in [0.1, 0.15) is 0 Å². The van der Waals surface area contributed by atoms with E-state index in [2.05, 4.69) is 20.7 Å². The van der Waals surface area contributed by atoms with Crippen LogP contribution in [0.15, 0.2) is 70.8 Å². The molecule has 180 valence electrons. The minimum Gasteiger partial charge on any atom is -0.321 e. The van der Waals surface area contributed by atoms with Gasteiger partial charge >= 0.3 is 6.18 Å². The lowest BCUT2D eigenvalue weighted by Crippen LogP contribution is -2.14. The van der Waals surface area contributed by atoms with E-state index in [1.807, 2.05) is 0 Å². The zero-order valence-electron chi connectivity index (χ0n) is 17.7. The Balaban J connectivity index is 1.28.